The van der Waals surface area contributed by atoms with Crippen molar-refractivity contribution in [3.8, 4) is 0 Å². The fraction of sp³-hybridized carbons (Fsp3) is 0.400. The van der Waals surface area contributed by atoms with E-state index in [1.807, 2.05) is 0 Å². The van der Waals surface area contributed by atoms with Gasteiger partial charge in [0.05, 0.1) is 11.3 Å². The molecular formula is C15H15F3N2O3S. The van der Waals surface area contributed by atoms with Crippen molar-refractivity contribution in [3.63, 3.8) is 0 Å². The van der Waals surface area contributed by atoms with Crippen molar-refractivity contribution >= 4 is 35.0 Å². The number of carbonyl (C=O) groups excluding carboxylic acids is 3. The molecule has 1 aromatic carbocycles. The first-order valence-corrected chi connectivity index (χ1v) is 8.01. The van der Waals surface area contributed by atoms with Gasteiger partial charge in [-0.2, -0.15) is 13.2 Å². The molecule has 2 rings (SSSR count). The minimum atomic E-state index is -4.95. The van der Waals surface area contributed by atoms with Gasteiger partial charge in [-0.15, -0.1) is 11.8 Å². The molecule has 9 heteroatoms. The highest BCUT2D eigenvalue weighted by Gasteiger charge is 2.41. The van der Waals surface area contributed by atoms with Crippen LogP contribution in [0, 0.1) is 0 Å². The third-order valence-corrected chi connectivity index (χ3v) is 4.56. The van der Waals surface area contributed by atoms with Crippen LogP contribution in [0.4, 0.5) is 18.9 Å². The first-order chi connectivity index (χ1) is 11.1. The number of benzene rings is 1. The molecule has 1 aromatic rings. The quantitative estimate of drug-likeness (QED) is 0.900. The fourth-order valence-electron chi connectivity index (χ4n) is 2.40. The van der Waals surface area contributed by atoms with Crippen molar-refractivity contribution in [2.75, 3.05) is 18.1 Å². The molecule has 1 aliphatic heterocycles. The number of anilines is 1. The van der Waals surface area contributed by atoms with Gasteiger partial charge in [0.2, 0.25) is 5.91 Å². The largest absolute Gasteiger partial charge is 0.471 e. The normalized spacial score (nSPS) is 14.1. The number of hydrogen-bond donors (Lipinski definition) is 1. The maximum Gasteiger partial charge on any atom is 0.471 e. The lowest BCUT2D eigenvalue weighted by Crippen LogP contribution is -2.38. The zero-order valence-electron chi connectivity index (χ0n) is 13.0. The van der Waals surface area contributed by atoms with Gasteiger partial charge in [-0.1, -0.05) is 6.07 Å². The molecule has 0 fully saturated rings. The van der Waals surface area contributed by atoms with E-state index < -0.39 is 12.1 Å². The molecule has 0 saturated carbocycles. The molecule has 0 aliphatic carbocycles. The Kier molecular flexibility index (Phi) is 5.22. The van der Waals surface area contributed by atoms with Crippen LogP contribution in [0.1, 0.15) is 29.3 Å². The molecular weight excluding hydrogens is 345 g/mol. The van der Waals surface area contributed by atoms with Crippen molar-refractivity contribution in [1.82, 2.24) is 4.90 Å². The molecule has 24 heavy (non-hydrogen) atoms. The van der Waals surface area contributed by atoms with Gasteiger partial charge < -0.3 is 10.2 Å². The molecule has 0 unspecified atom stereocenters. The average Bonchev–Trinajstić information content (AvgIpc) is 2.47. The second kappa shape index (κ2) is 6.84. The van der Waals surface area contributed by atoms with Crippen molar-refractivity contribution in [1.29, 1.82) is 0 Å². The molecule has 1 heterocycles. The summed E-state index contributed by atoms with van der Waals surface area (Å²) in [6.07, 6.45) is -4.67. The number of thioether (sulfide) groups is 1. The number of fused-ring (bicyclic) bond motifs is 1. The molecule has 130 valence electrons. The van der Waals surface area contributed by atoms with Crippen LogP contribution in [0.15, 0.2) is 17.0 Å². The highest BCUT2D eigenvalue weighted by Crippen LogP contribution is 2.38. The third-order valence-electron chi connectivity index (χ3n) is 3.40. The van der Waals surface area contributed by atoms with Crippen molar-refractivity contribution in [2.24, 2.45) is 0 Å². The van der Waals surface area contributed by atoms with Crippen LogP contribution >= 0.6 is 11.8 Å². The summed E-state index contributed by atoms with van der Waals surface area (Å²) < 4.78 is 37.5. The van der Waals surface area contributed by atoms with Crippen LogP contribution in [0.3, 0.4) is 0 Å². The molecule has 0 atom stereocenters. The van der Waals surface area contributed by atoms with E-state index in [-0.39, 0.29) is 24.7 Å². The van der Waals surface area contributed by atoms with Gasteiger partial charge in [-0.3, -0.25) is 14.4 Å². The van der Waals surface area contributed by atoms with E-state index in [4.69, 9.17) is 0 Å². The highest BCUT2D eigenvalue weighted by atomic mass is 32.2. The second-order valence-corrected chi connectivity index (χ2v) is 6.44. The molecule has 1 N–H and O–H groups in total. The van der Waals surface area contributed by atoms with E-state index in [9.17, 15) is 27.6 Å². The standard InChI is InChI=1S/C15H15F3N2O3S/c1-8(21)19-10-4-3-9(7-20(2)14(23)15(16,17)18)13-12(10)11(22)5-6-24-13/h3-4H,5-7H2,1-2H3,(H,19,21). The molecule has 2 amide bonds. The van der Waals surface area contributed by atoms with Gasteiger partial charge >= 0.3 is 12.1 Å². The first-order valence-electron chi connectivity index (χ1n) is 7.03. The van der Waals surface area contributed by atoms with Crippen LogP contribution in [0.5, 0.6) is 0 Å². The summed E-state index contributed by atoms with van der Waals surface area (Å²) in [7, 11) is 1.05. The van der Waals surface area contributed by atoms with Crippen LogP contribution in [0.2, 0.25) is 0 Å². The van der Waals surface area contributed by atoms with E-state index in [0.717, 1.165) is 7.05 Å². The van der Waals surface area contributed by atoms with Crippen molar-refractivity contribution in [3.05, 3.63) is 23.3 Å². The van der Waals surface area contributed by atoms with E-state index in [0.29, 0.717) is 32.4 Å². The number of carbonyl (C=O) groups is 3. The molecule has 0 spiro atoms. The summed E-state index contributed by atoms with van der Waals surface area (Å²) >= 11 is 1.33. The number of Topliss-reactive ketones (excluding diaryl/α,β-unsaturated/α-hetero) is 1. The van der Waals surface area contributed by atoms with Crippen molar-refractivity contribution < 1.29 is 27.6 Å². The molecule has 0 saturated heterocycles. The Balaban J connectivity index is 2.39. The summed E-state index contributed by atoms with van der Waals surface area (Å²) in [6.45, 7) is 1.03. The number of alkyl halides is 3. The molecule has 0 radical (unpaired) electrons. The topological polar surface area (TPSA) is 66.5 Å². The van der Waals surface area contributed by atoms with E-state index in [1.165, 1.54) is 30.8 Å². The lowest BCUT2D eigenvalue weighted by Gasteiger charge is -2.24. The monoisotopic (exact) mass is 360 g/mol. The minimum Gasteiger partial charge on any atom is -0.334 e. The Morgan fingerprint density at radius 3 is 2.58 bits per heavy atom. The van der Waals surface area contributed by atoms with Gasteiger partial charge in [-0.05, 0) is 11.6 Å². The summed E-state index contributed by atoms with van der Waals surface area (Å²) in [5.41, 5.74) is 1.08. The Morgan fingerprint density at radius 1 is 1.33 bits per heavy atom. The molecule has 0 bridgehead atoms. The second-order valence-electron chi connectivity index (χ2n) is 5.34. The predicted octanol–water partition coefficient (Wildman–Crippen LogP) is 2.84. The summed E-state index contributed by atoms with van der Waals surface area (Å²) in [6, 6.07) is 3.00. The Hall–Kier alpha value is -2.03. The van der Waals surface area contributed by atoms with Crippen LogP contribution in [-0.2, 0) is 16.1 Å². The maximum atomic E-state index is 12.5. The smallest absolute Gasteiger partial charge is 0.334 e. The number of nitrogens with one attached hydrogen (secondary N) is 1. The molecule has 1 aliphatic rings. The Bertz CT molecular complexity index is 704. The number of rotatable bonds is 3. The lowest BCUT2D eigenvalue weighted by molar-refractivity contribution is -0.184. The van der Waals surface area contributed by atoms with Gasteiger partial charge in [0, 0.05) is 37.6 Å². The predicted molar refractivity (Wildman–Crippen MR) is 82.9 cm³/mol. The number of amides is 2. The van der Waals surface area contributed by atoms with E-state index in [1.54, 1.807) is 0 Å². The Labute approximate surface area is 140 Å². The van der Waals surface area contributed by atoms with Gasteiger partial charge in [0.15, 0.2) is 5.78 Å². The van der Waals surface area contributed by atoms with Crippen LogP contribution in [0.25, 0.3) is 0 Å². The van der Waals surface area contributed by atoms with Crippen LogP contribution in [-0.4, -0.2) is 41.5 Å². The zero-order valence-corrected chi connectivity index (χ0v) is 13.8. The van der Waals surface area contributed by atoms with Crippen LogP contribution < -0.4 is 5.32 Å². The summed E-state index contributed by atoms with van der Waals surface area (Å²) in [5, 5.41) is 2.56. The van der Waals surface area contributed by atoms with E-state index in [2.05, 4.69) is 5.32 Å². The summed E-state index contributed by atoms with van der Waals surface area (Å²) in [4.78, 5) is 35.8. The van der Waals surface area contributed by atoms with Gasteiger partial charge in [0.25, 0.3) is 0 Å². The number of nitrogens with zero attached hydrogens (tertiary/aromatic N) is 1. The fourth-order valence-corrected chi connectivity index (χ4v) is 3.58. The Morgan fingerprint density at radius 2 is 2.00 bits per heavy atom. The minimum absolute atomic E-state index is 0.181. The SMILES string of the molecule is CC(=O)Nc1ccc(CN(C)C(=O)C(F)(F)F)c2c1C(=O)CCS2. The number of halogens is 3. The lowest BCUT2D eigenvalue weighted by atomic mass is 10.0. The average molecular weight is 360 g/mol. The third kappa shape index (κ3) is 3.89. The summed E-state index contributed by atoms with van der Waals surface area (Å²) in [5.74, 6) is -1.98. The van der Waals surface area contributed by atoms with Crippen molar-refractivity contribution in [2.45, 2.75) is 31.0 Å². The van der Waals surface area contributed by atoms with E-state index >= 15 is 0 Å². The van der Waals surface area contributed by atoms with Gasteiger partial charge in [0.1, 0.15) is 0 Å². The molecule has 0 aromatic heterocycles. The zero-order chi connectivity index (χ0) is 18.1. The molecule has 5 nitrogen and oxygen atoms in total. The maximum absolute atomic E-state index is 12.5. The number of ketones is 1. The first kappa shape index (κ1) is 18.3. The number of hydrogen-bond acceptors (Lipinski definition) is 4. The highest BCUT2D eigenvalue weighted by molar-refractivity contribution is 7.99. The van der Waals surface area contributed by atoms with Gasteiger partial charge in [-0.25, -0.2) is 0 Å².